The van der Waals surface area contributed by atoms with Gasteiger partial charge in [-0.3, -0.25) is 9.59 Å². The van der Waals surface area contributed by atoms with Crippen molar-refractivity contribution in [3.63, 3.8) is 0 Å². The number of rotatable bonds is 5. The van der Waals surface area contributed by atoms with E-state index in [1.54, 1.807) is 0 Å². The number of carbonyl (C=O) groups excluding carboxylic acids is 2. The zero-order chi connectivity index (χ0) is 15.1. The Labute approximate surface area is 124 Å². The number of amides is 2. The fraction of sp³-hybridized carbons (Fsp3) is 0.467. The average molecular weight is 290 g/mol. The van der Waals surface area contributed by atoms with E-state index in [0.717, 1.165) is 17.8 Å². The summed E-state index contributed by atoms with van der Waals surface area (Å²) < 4.78 is 0. The highest BCUT2D eigenvalue weighted by Gasteiger charge is 2.14. The Balaban J connectivity index is 1.74. The molecule has 0 spiro atoms. The molecule has 1 fully saturated rings. The first-order valence-corrected chi connectivity index (χ1v) is 7.25. The summed E-state index contributed by atoms with van der Waals surface area (Å²) in [6.45, 7) is 3.33. The largest absolute Gasteiger partial charge is 0.355 e. The highest BCUT2D eigenvalue weighted by molar-refractivity contribution is 5.90. The second kappa shape index (κ2) is 7.75. The van der Waals surface area contributed by atoms with Gasteiger partial charge < -0.3 is 21.3 Å². The Morgan fingerprint density at radius 2 is 2.05 bits per heavy atom. The molecule has 1 aliphatic heterocycles. The number of hydrogen-bond donors (Lipinski definition) is 3. The maximum atomic E-state index is 11.9. The fourth-order valence-electron chi connectivity index (χ4n) is 2.24. The SMILES string of the molecule is NCc1ccc(NC(=O)CCN2CCNC(=O)CC2)cc1. The molecule has 1 aliphatic rings. The molecule has 0 radical (unpaired) electrons. The van der Waals surface area contributed by atoms with E-state index in [2.05, 4.69) is 15.5 Å². The average Bonchev–Trinajstić information content (AvgIpc) is 2.70. The summed E-state index contributed by atoms with van der Waals surface area (Å²) in [5.41, 5.74) is 7.35. The van der Waals surface area contributed by atoms with Gasteiger partial charge >= 0.3 is 0 Å². The summed E-state index contributed by atoms with van der Waals surface area (Å²) in [7, 11) is 0. The van der Waals surface area contributed by atoms with E-state index in [9.17, 15) is 9.59 Å². The van der Waals surface area contributed by atoms with E-state index >= 15 is 0 Å². The van der Waals surface area contributed by atoms with Crippen LogP contribution in [0.4, 0.5) is 5.69 Å². The van der Waals surface area contributed by atoms with Crippen molar-refractivity contribution in [2.24, 2.45) is 5.73 Å². The molecule has 4 N–H and O–H groups in total. The summed E-state index contributed by atoms with van der Waals surface area (Å²) >= 11 is 0. The normalized spacial score (nSPS) is 16.1. The van der Waals surface area contributed by atoms with Crippen molar-refractivity contribution >= 4 is 17.5 Å². The van der Waals surface area contributed by atoms with Crippen LogP contribution in [0, 0.1) is 0 Å². The van der Waals surface area contributed by atoms with Crippen LogP contribution in [0.2, 0.25) is 0 Å². The van der Waals surface area contributed by atoms with E-state index in [0.29, 0.717) is 39.0 Å². The molecule has 1 heterocycles. The van der Waals surface area contributed by atoms with Gasteiger partial charge in [-0.1, -0.05) is 12.1 Å². The predicted octanol–water partition coefficient (Wildman–Crippen LogP) is 0.296. The standard InChI is InChI=1S/C15H22N4O2/c16-11-12-1-3-13(4-2-12)18-15(21)6-9-19-8-5-14(20)17-7-10-19/h1-4H,5-11,16H2,(H,17,20)(H,18,21). The van der Waals surface area contributed by atoms with Crippen LogP contribution in [0.5, 0.6) is 0 Å². The minimum absolute atomic E-state index is 0.0148. The van der Waals surface area contributed by atoms with Gasteiger partial charge in [-0.2, -0.15) is 0 Å². The number of hydrogen-bond acceptors (Lipinski definition) is 4. The van der Waals surface area contributed by atoms with E-state index in [1.807, 2.05) is 24.3 Å². The van der Waals surface area contributed by atoms with E-state index in [-0.39, 0.29) is 11.8 Å². The van der Waals surface area contributed by atoms with Crippen molar-refractivity contribution in [2.45, 2.75) is 19.4 Å². The number of anilines is 1. The van der Waals surface area contributed by atoms with Crippen molar-refractivity contribution in [1.82, 2.24) is 10.2 Å². The van der Waals surface area contributed by atoms with Crippen LogP contribution in [0.25, 0.3) is 0 Å². The molecule has 2 rings (SSSR count). The maximum absolute atomic E-state index is 11.9. The minimum atomic E-state index is -0.0148. The quantitative estimate of drug-likeness (QED) is 0.727. The molecule has 6 nitrogen and oxygen atoms in total. The van der Waals surface area contributed by atoms with Gasteiger partial charge in [0.25, 0.3) is 0 Å². The third-order valence-electron chi connectivity index (χ3n) is 3.53. The van der Waals surface area contributed by atoms with Crippen molar-refractivity contribution in [3.8, 4) is 0 Å². The second-order valence-corrected chi connectivity index (χ2v) is 5.14. The Hall–Kier alpha value is -1.92. The van der Waals surface area contributed by atoms with E-state index in [4.69, 9.17) is 5.73 Å². The van der Waals surface area contributed by atoms with Gasteiger partial charge in [0.15, 0.2) is 0 Å². The Morgan fingerprint density at radius 3 is 2.76 bits per heavy atom. The van der Waals surface area contributed by atoms with Gasteiger partial charge in [-0.25, -0.2) is 0 Å². The molecule has 114 valence electrons. The second-order valence-electron chi connectivity index (χ2n) is 5.14. The lowest BCUT2D eigenvalue weighted by Gasteiger charge is -2.18. The molecule has 0 unspecified atom stereocenters. The van der Waals surface area contributed by atoms with Crippen molar-refractivity contribution in [1.29, 1.82) is 0 Å². The molecular formula is C15H22N4O2. The van der Waals surface area contributed by atoms with Crippen LogP contribution in [-0.4, -0.2) is 42.9 Å². The predicted molar refractivity (Wildman–Crippen MR) is 81.6 cm³/mol. The van der Waals surface area contributed by atoms with E-state index in [1.165, 1.54) is 0 Å². The van der Waals surface area contributed by atoms with Crippen molar-refractivity contribution in [3.05, 3.63) is 29.8 Å². The lowest BCUT2D eigenvalue weighted by molar-refractivity contribution is -0.120. The van der Waals surface area contributed by atoms with Gasteiger partial charge in [0.2, 0.25) is 11.8 Å². The first kappa shape index (κ1) is 15.5. The van der Waals surface area contributed by atoms with Crippen molar-refractivity contribution < 1.29 is 9.59 Å². The van der Waals surface area contributed by atoms with Crippen LogP contribution in [0.1, 0.15) is 18.4 Å². The fourth-order valence-corrected chi connectivity index (χ4v) is 2.24. The first-order chi connectivity index (χ1) is 10.2. The number of nitrogens with zero attached hydrogens (tertiary/aromatic N) is 1. The summed E-state index contributed by atoms with van der Waals surface area (Å²) in [6, 6.07) is 7.52. The maximum Gasteiger partial charge on any atom is 0.225 e. The molecule has 0 atom stereocenters. The monoisotopic (exact) mass is 290 g/mol. The molecule has 0 saturated carbocycles. The highest BCUT2D eigenvalue weighted by atomic mass is 16.2. The molecule has 1 aromatic carbocycles. The first-order valence-electron chi connectivity index (χ1n) is 7.25. The summed E-state index contributed by atoms with van der Waals surface area (Å²) in [6.07, 6.45) is 0.926. The molecule has 1 aromatic rings. The van der Waals surface area contributed by atoms with Gasteiger partial charge in [0.1, 0.15) is 0 Å². The molecular weight excluding hydrogens is 268 g/mol. The molecule has 0 aromatic heterocycles. The topological polar surface area (TPSA) is 87.5 Å². The number of benzene rings is 1. The Kier molecular flexibility index (Phi) is 5.71. The molecule has 6 heteroatoms. The van der Waals surface area contributed by atoms with Crippen LogP contribution in [0.15, 0.2) is 24.3 Å². The zero-order valence-electron chi connectivity index (χ0n) is 12.1. The number of nitrogens with two attached hydrogens (primary N) is 1. The summed E-state index contributed by atoms with van der Waals surface area (Å²) in [5.74, 6) is 0.0703. The molecule has 21 heavy (non-hydrogen) atoms. The summed E-state index contributed by atoms with van der Waals surface area (Å²) in [4.78, 5) is 25.3. The molecule has 2 amide bonds. The molecule has 0 aliphatic carbocycles. The molecule has 1 saturated heterocycles. The van der Waals surface area contributed by atoms with Crippen LogP contribution in [-0.2, 0) is 16.1 Å². The van der Waals surface area contributed by atoms with Crippen LogP contribution < -0.4 is 16.4 Å². The van der Waals surface area contributed by atoms with Gasteiger partial charge in [0.05, 0.1) is 0 Å². The molecule has 0 bridgehead atoms. The Morgan fingerprint density at radius 1 is 1.29 bits per heavy atom. The van der Waals surface area contributed by atoms with E-state index < -0.39 is 0 Å². The third-order valence-corrected chi connectivity index (χ3v) is 3.53. The lowest BCUT2D eigenvalue weighted by atomic mass is 10.2. The van der Waals surface area contributed by atoms with Crippen LogP contribution >= 0.6 is 0 Å². The van der Waals surface area contributed by atoms with Gasteiger partial charge in [-0.15, -0.1) is 0 Å². The van der Waals surface area contributed by atoms with Crippen molar-refractivity contribution in [2.75, 3.05) is 31.5 Å². The smallest absolute Gasteiger partial charge is 0.225 e. The Bertz CT molecular complexity index is 487. The van der Waals surface area contributed by atoms with Gasteiger partial charge in [-0.05, 0) is 17.7 Å². The lowest BCUT2D eigenvalue weighted by Crippen LogP contribution is -2.31. The highest BCUT2D eigenvalue weighted by Crippen LogP contribution is 2.09. The number of nitrogens with one attached hydrogen (secondary N) is 2. The van der Waals surface area contributed by atoms with Gasteiger partial charge in [0, 0.05) is 51.3 Å². The van der Waals surface area contributed by atoms with Crippen LogP contribution in [0.3, 0.4) is 0 Å². The number of carbonyl (C=O) groups is 2. The zero-order valence-corrected chi connectivity index (χ0v) is 12.1. The third kappa shape index (κ3) is 5.17. The minimum Gasteiger partial charge on any atom is -0.355 e. The summed E-state index contributed by atoms with van der Waals surface area (Å²) in [5, 5.41) is 5.69.